The summed E-state index contributed by atoms with van der Waals surface area (Å²) in [5, 5.41) is 8.61. The molecule has 0 bridgehead atoms. The Hall–Kier alpha value is -2.21. The lowest BCUT2D eigenvalue weighted by Gasteiger charge is -2.36. The van der Waals surface area contributed by atoms with Gasteiger partial charge >= 0.3 is 0 Å². The van der Waals surface area contributed by atoms with Crippen molar-refractivity contribution in [2.24, 2.45) is 5.41 Å². The Labute approximate surface area is 172 Å². The smallest absolute Gasteiger partial charge is 0.222 e. The van der Waals surface area contributed by atoms with Gasteiger partial charge in [-0.2, -0.15) is 0 Å². The van der Waals surface area contributed by atoms with Crippen LogP contribution in [0.2, 0.25) is 0 Å². The van der Waals surface area contributed by atoms with Gasteiger partial charge in [0.1, 0.15) is 0 Å². The molecule has 1 atom stereocenters. The second-order valence-electron chi connectivity index (χ2n) is 8.77. The summed E-state index contributed by atoms with van der Waals surface area (Å²) < 4.78 is 11.6. The number of nitrogens with zero attached hydrogens (tertiary/aromatic N) is 3. The van der Waals surface area contributed by atoms with E-state index in [-0.39, 0.29) is 23.2 Å². The Morgan fingerprint density at radius 1 is 1.21 bits per heavy atom. The number of carbonyl (C=O) groups excluding carboxylic acids is 1. The van der Waals surface area contributed by atoms with Crippen molar-refractivity contribution in [1.82, 2.24) is 15.1 Å². The Bertz CT molecular complexity index is 812. The molecule has 6 heteroatoms. The Balaban J connectivity index is 1.43. The number of likely N-dealkylation sites (tertiary alicyclic amines) is 1. The molecule has 1 unspecified atom stereocenters. The highest BCUT2D eigenvalue weighted by Crippen LogP contribution is 2.49. The summed E-state index contributed by atoms with van der Waals surface area (Å²) in [5.41, 5.74) is 1.28. The van der Waals surface area contributed by atoms with E-state index < -0.39 is 0 Å². The topological polar surface area (TPSA) is 68.5 Å². The van der Waals surface area contributed by atoms with E-state index in [9.17, 15) is 4.79 Å². The van der Waals surface area contributed by atoms with Gasteiger partial charge in [-0.1, -0.05) is 44.2 Å². The molecule has 29 heavy (non-hydrogen) atoms. The minimum absolute atomic E-state index is 0.00583. The molecular weight excluding hydrogens is 366 g/mol. The number of hydrogen-bond acceptors (Lipinski definition) is 5. The Morgan fingerprint density at radius 3 is 2.66 bits per heavy atom. The summed E-state index contributed by atoms with van der Waals surface area (Å²) >= 11 is 0. The molecule has 0 N–H and O–H groups in total. The van der Waals surface area contributed by atoms with E-state index >= 15 is 0 Å². The highest BCUT2D eigenvalue weighted by Gasteiger charge is 2.51. The first-order valence-corrected chi connectivity index (χ1v) is 10.8. The minimum atomic E-state index is -0.00583. The molecule has 1 aromatic carbocycles. The molecule has 1 amide bonds. The molecule has 2 saturated heterocycles. The average molecular weight is 398 g/mol. The van der Waals surface area contributed by atoms with Gasteiger partial charge in [0.05, 0.1) is 5.92 Å². The number of aromatic nitrogens is 2. The quantitative estimate of drug-likeness (QED) is 0.738. The van der Waals surface area contributed by atoms with Crippen LogP contribution in [0.4, 0.5) is 0 Å². The SMILES string of the molecule is CC(C)c1nnc(C2CN(C(=O)CCCc3ccccc3)CC23CCOCC3)o1. The van der Waals surface area contributed by atoms with Gasteiger partial charge < -0.3 is 14.1 Å². The van der Waals surface area contributed by atoms with E-state index in [2.05, 4.69) is 36.2 Å². The van der Waals surface area contributed by atoms with Crippen molar-refractivity contribution in [3.8, 4) is 0 Å². The van der Waals surface area contributed by atoms with Crippen LogP contribution in [0.25, 0.3) is 0 Å². The highest BCUT2D eigenvalue weighted by molar-refractivity contribution is 5.76. The molecule has 2 fully saturated rings. The summed E-state index contributed by atoms with van der Waals surface area (Å²) in [6.07, 6.45) is 4.26. The predicted molar refractivity (Wildman–Crippen MR) is 110 cm³/mol. The van der Waals surface area contributed by atoms with Crippen LogP contribution in [0.3, 0.4) is 0 Å². The summed E-state index contributed by atoms with van der Waals surface area (Å²) in [4.78, 5) is 15.0. The van der Waals surface area contributed by atoms with Gasteiger partial charge in [0.2, 0.25) is 17.7 Å². The maximum atomic E-state index is 13.0. The standard InChI is InChI=1S/C23H31N3O3/c1-17(2)21-24-25-22(29-21)19-15-26(16-23(19)11-13-28-14-12-23)20(27)10-6-9-18-7-4-3-5-8-18/h3-5,7-8,17,19H,6,9-16H2,1-2H3. The van der Waals surface area contributed by atoms with Crippen molar-refractivity contribution >= 4 is 5.91 Å². The zero-order valence-electron chi connectivity index (χ0n) is 17.5. The fourth-order valence-electron chi connectivity index (χ4n) is 4.65. The molecule has 156 valence electrons. The summed E-state index contributed by atoms with van der Waals surface area (Å²) in [5.74, 6) is 1.91. The fourth-order valence-corrected chi connectivity index (χ4v) is 4.65. The lowest BCUT2D eigenvalue weighted by Crippen LogP contribution is -2.37. The molecule has 6 nitrogen and oxygen atoms in total. The van der Waals surface area contributed by atoms with Gasteiger partial charge in [-0.05, 0) is 31.2 Å². The number of carbonyl (C=O) groups is 1. The fraction of sp³-hybridized carbons (Fsp3) is 0.609. The molecular formula is C23H31N3O3. The molecule has 0 radical (unpaired) electrons. The zero-order chi connectivity index (χ0) is 20.3. The third-order valence-corrected chi connectivity index (χ3v) is 6.44. The second-order valence-corrected chi connectivity index (χ2v) is 8.77. The molecule has 2 aliphatic heterocycles. The first-order chi connectivity index (χ1) is 14.1. The van der Waals surface area contributed by atoms with E-state index in [4.69, 9.17) is 9.15 Å². The van der Waals surface area contributed by atoms with Crippen LogP contribution < -0.4 is 0 Å². The van der Waals surface area contributed by atoms with Gasteiger partial charge in [0.25, 0.3) is 0 Å². The Morgan fingerprint density at radius 2 is 1.97 bits per heavy atom. The van der Waals surface area contributed by atoms with E-state index in [1.54, 1.807) is 0 Å². The van der Waals surface area contributed by atoms with E-state index in [1.807, 2.05) is 23.1 Å². The van der Waals surface area contributed by atoms with E-state index in [1.165, 1.54) is 5.56 Å². The third-order valence-electron chi connectivity index (χ3n) is 6.44. The maximum Gasteiger partial charge on any atom is 0.222 e. The lowest BCUT2D eigenvalue weighted by molar-refractivity contribution is -0.131. The number of rotatable bonds is 6. The highest BCUT2D eigenvalue weighted by atomic mass is 16.5. The van der Waals surface area contributed by atoms with Crippen LogP contribution in [0, 0.1) is 5.41 Å². The first kappa shape index (κ1) is 20.1. The van der Waals surface area contributed by atoms with Gasteiger partial charge in [-0.15, -0.1) is 10.2 Å². The molecule has 1 aromatic heterocycles. The number of hydrogen-bond donors (Lipinski definition) is 0. The summed E-state index contributed by atoms with van der Waals surface area (Å²) in [7, 11) is 0. The molecule has 4 rings (SSSR count). The third kappa shape index (κ3) is 4.37. The lowest BCUT2D eigenvalue weighted by atomic mass is 9.72. The van der Waals surface area contributed by atoms with Gasteiger partial charge in [0, 0.05) is 44.1 Å². The zero-order valence-corrected chi connectivity index (χ0v) is 17.5. The molecule has 0 saturated carbocycles. The normalized spacial score (nSPS) is 21.2. The van der Waals surface area contributed by atoms with Crippen LogP contribution in [0.15, 0.2) is 34.7 Å². The molecule has 2 aromatic rings. The molecule has 1 spiro atoms. The van der Waals surface area contributed by atoms with Crippen molar-refractivity contribution in [3.63, 3.8) is 0 Å². The van der Waals surface area contributed by atoms with Gasteiger partial charge in [-0.25, -0.2) is 0 Å². The van der Waals surface area contributed by atoms with Crippen LogP contribution in [0.1, 0.15) is 68.7 Å². The monoisotopic (exact) mass is 397 g/mol. The number of benzene rings is 1. The number of aryl methyl sites for hydroxylation is 1. The van der Waals surface area contributed by atoms with E-state index in [0.717, 1.165) is 45.4 Å². The van der Waals surface area contributed by atoms with Crippen LogP contribution >= 0.6 is 0 Å². The number of amides is 1. The Kier molecular flexibility index (Phi) is 5.99. The van der Waals surface area contributed by atoms with Crippen molar-refractivity contribution in [2.75, 3.05) is 26.3 Å². The molecule has 0 aliphatic carbocycles. The van der Waals surface area contributed by atoms with Crippen LogP contribution in [-0.4, -0.2) is 47.3 Å². The number of ether oxygens (including phenoxy) is 1. The largest absolute Gasteiger partial charge is 0.425 e. The first-order valence-electron chi connectivity index (χ1n) is 10.8. The van der Waals surface area contributed by atoms with Crippen molar-refractivity contribution in [2.45, 2.75) is 57.8 Å². The van der Waals surface area contributed by atoms with Gasteiger partial charge in [-0.3, -0.25) is 4.79 Å². The van der Waals surface area contributed by atoms with Crippen molar-refractivity contribution in [3.05, 3.63) is 47.7 Å². The van der Waals surface area contributed by atoms with Crippen LogP contribution in [0.5, 0.6) is 0 Å². The maximum absolute atomic E-state index is 13.0. The van der Waals surface area contributed by atoms with Gasteiger partial charge in [0.15, 0.2) is 0 Å². The average Bonchev–Trinajstić information content (AvgIpc) is 3.35. The van der Waals surface area contributed by atoms with E-state index in [0.29, 0.717) is 24.7 Å². The minimum Gasteiger partial charge on any atom is -0.425 e. The summed E-state index contributed by atoms with van der Waals surface area (Å²) in [6, 6.07) is 10.4. The summed E-state index contributed by atoms with van der Waals surface area (Å²) in [6.45, 7) is 7.02. The second kappa shape index (κ2) is 8.66. The van der Waals surface area contributed by atoms with Crippen molar-refractivity contribution in [1.29, 1.82) is 0 Å². The predicted octanol–water partition coefficient (Wildman–Crippen LogP) is 3.94. The molecule has 3 heterocycles. The van der Waals surface area contributed by atoms with Crippen LogP contribution in [-0.2, 0) is 16.0 Å². The molecule has 2 aliphatic rings. The van der Waals surface area contributed by atoms with Crippen molar-refractivity contribution < 1.29 is 13.9 Å².